The molecule has 1 aromatic carbocycles. The molecule has 0 atom stereocenters. The van der Waals surface area contributed by atoms with E-state index in [1.165, 1.54) is 12.1 Å². The molecule has 2 nitrogen and oxygen atoms in total. The van der Waals surface area contributed by atoms with E-state index in [2.05, 4.69) is 15.9 Å². The van der Waals surface area contributed by atoms with Crippen molar-refractivity contribution in [3.8, 4) is 0 Å². The van der Waals surface area contributed by atoms with E-state index in [0.717, 1.165) is 0 Å². The van der Waals surface area contributed by atoms with Crippen LogP contribution in [0.1, 0.15) is 5.56 Å². The van der Waals surface area contributed by atoms with Gasteiger partial charge in [0.25, 0.3) is 0 Å². The van der Waals surface area contributed by atoms with Crippen LogP contribution in [0.4, 0.5) is 8.28 Å². The molecule has 0 aliphatic rings. The van der Waals surface area contributed by atoms with Crippen LogP contribution in [0.25, 0.3) is 0 Å². The minimum Gasteiger partial charge on any atom is -0.207 e. The summed E-state index contributed by atoms with van der Waals surface area (Å²) in [6.07, 6.45) is -0.175. The summed E-state index contributed by atoms with van der Waals surface area (Å²) in [7, 11) is -4.54. The molecule has 0 unspecified atom stereocenters. The predicted molar refractivity (Wildman–Crippen MR) is 52.7 cm³/mol. The standard InChI is InChI=1S/C8H7BrF2O2S/c9-7-2-1-3-8(10)6(7)4-5-14(11,12)13/h1-3H,4-5H2. The molecule has 1 rings (SSSR count). The molecule has 0 saturated carbocycles. The van der Waals surface area contributed by atoms with Gasteiger partial charge in [0.05, 0.1) is 5.75 Å². The minimum atomic E-state index is -4.54. The molecule has 1 aromatic rings. The van der Waals surface area contributed by atoms with E-state index in [4.69, 9.17) is 0 Å². The Morgan fingerprint density at radius 1 is 1.36 bits per heavy atom. The molecule has 0 amide bonds. The van der Waals surface area contributed by atoms with Gasteiger partial charge in [-0.15, -0.1) is 3.89 Å². The summed E-state index contributed by atoms with van der Waals surface area (Å²) < 4.78 is 46.1. The van der Waals surface area contributed by atoms with Crippen LogP contribution in [0, 0.1) is 5.82 Å². The summed E-state index contributed by atoms with van der Waals surface area (Å²) >= 11 is 3.06. The maximum Gasteiger partial charge on any atom is 0.302 e. The minimum absolute atomic E-state index is 0.175. The van der Waals surface area contributed by atoms with Crippen LogP contribution in [-0.2, 0) is 16.6 Å². The van der Waals surface area contributed by atoms with Crippen LogP contribution in [0.5, 0.6) is 0 Å². The first-order valence-corrected chi connectivity index (χ1v) is 6.10. The first kappa shape index (κ1) is 11.6. The summed E-state index contributed by atoms with van der Waals surface area (Å²) in [5.41, 5.74) is 0.175. The quantitative estimate of drug-likeness (QED) is 0.799. The molecule has 0 aliphatic carbocycles. The van der Waals surface area contributed by atoms with Crippen molar-refractivity contribution in [2.45, 2.75) is 6.42 Å². The zero-order chi connectivity index (χ0) is 10.8. The van der Waals surface area contributed by atoms with E-state index in [1.807, 2.05) is 0 Å². The van der Waals surface area contributed by atoms with Gasteiger partial charge in [0.15, 0.2) is 0 Å². The van der Waals surface area contributed by atoms with Crippen molar-refractivity contribution >= 4 is 26.2 Å². The molecule has 0 saturated heterocycles. The zero-order valence-electron chi connectivity index (χ0n) is 7.00. The lowest BCUT2D eigenvalue weighted by atomic mass is 10.2. The Morgan fingerprint density at radius 2 is 2.00 bits per heavy atom. The van der Waals surface area contributed by atoms with Gasteiger partial charge in [0.1, 0.15) is 5.82 Å². The van der Waals surface area contributed by atoms with E-state index in [-0.39, 0.29) is 12.0 Å². The second-order valence-electron chi connectivity index (χ2n) is 2.69. The van der Waals surface area contributed by atoms with E-state index >= 15 is 0 Å². The fourth-order valence-corrected chi connectivity index (χ4v) is 1.98. The Hall–Kier alpha value is -0.490. The molecule has 6 heteroatoms. The molecule has 0 bridgehead atoms. The summed E-state index contributed by atoms with van der Waals surface area (Å²) in [4.78, 5) is 0. The monoisotopic (exact) mass is 284 g/mol. The molecule has 0 heterocycles. The Morgan fingerprint density at radius 3 is 2.50 bits per heavy atom. The highest BCUT2D eigenvalue weighted by molar-refractivity contribution is 9.10. The Labute approximate surface area is 89.3 Å². The van der Waals surface area contributed by atoms with Gasteiger partial charge >= 0.3 is 10.2 Å². The summed E-state index contributed by atoms with van der Waals surface area (Å²) in [5, 5.41) is 0. The SMILES string of the molecule is O=S(=O)(F)CCc1c(F)cccc1Br. The molecular weight excluding hydrogens is 278 g/mol. The predicted octanol–water partition coefficient (Wildman–Crippen LogP) is 2.43. The average Bonchev–Trinajstić information content (AvgIpc) is 2.01. The topological polar surface area (TPSA) is 34.1 Å². The van der Waals surface area contributed by atoms with Crippen LogP contribution in [0.15, 0.2) is 22.7 Å². The molecule has 0 radical (unpaired) electrons. The summed E-state index contributed by atoms with van der Waals surface area (Å²) in [6, 6.07) is 4.25. The third-order valence-electron chi connectivity index (χ3n) is 1.66. The molecule has 0 aromatic heterocycles. The maximum absolute atomic E-state index is 13.1. The van der Waals surface area contributed by atoms with Crippen molar-refractivity contribution in [1.29, 1.82) is 0 Å². The van der Waals surface area contributed by atoms with Crippen molar-refractivity contribution in [2.24, 2.45) is 0 Å². The van der Waals surface area contributed by atoms with Crippen molar-refractivity contribution in [1.82, 2.24) is 0 Å². The molecule has 14 heavy (non-hydrogen) atoms. The Bertz CT molecular complexity index is 411. The maximum atomic E-state index is 13.1. The van der Waals surface area contributed by atoms with Gasteiger partial charge in [-0.2, -0.15) is 8.42 Å². The number of hydrogen-bond acceptors (Lipinski definition) is 2. The molecule has 0 N–H and O–H groups in total. The fraction of sp³-hybridized carbons (Fsp3) is 0.250. The smallest absolute Gasteiger partial charge is 0.207 e. The van der Waals surface area contributed by atoms with Gasteiger partial charge < -0.3 is 0 Å². The van der Waals surface area contributed by atoms with E-state index in [9.17, 15) is 16.7 Å². The van der Waals surface area contributed by atoms with E-state index in [0.29, 0.717) is 4.47 Å². The third kappa shape index (κ3) is 3.34. The number of hydrogen-bond donors (Lipinski definition) is 0. The van der Waals surface area contributed by atoms with E-state index < -0.39 is 21.8 Å². The number of halogens is 3. The lowest BCUT2D eigenvalue weighted by molar-refractivity contribution is 0.550. The first-order chi connectivity index (χ1) is 6.40. The van der Waals surface area contributed by atoms with Gasteiger partial charge in [-0.25, -0.2) is 4.39 Å². The first-order valence-electron chi connectivity index (χ1n) is 3.75. The molecule has 0 spiro atoms. The summed E-state index contributed by atoms with van der Waals surface area (Å²) in [5.74, 6) is -1.24. The largest absolute Gasteiger partial charge is 0.302 e. The fourth-order valence-electron chi connectivity index (χ4n) is 0.995. The van der Waals surface area contributed by atoms with Crippen molar-refractivity contribution in [3.05, 3.63) is 34.1 Å². The van der Waals surface area contributed by atoms with Crippen LogP contribution in [-0.4, -0.2) is 14.2 Å². The second-order valence-corrected chi connectivity index (χ2v) is 5.03. The lowest BCUT2D eigenvalue weighted by Gasteiger charge is -2.03. The normalized spacial score (nSPS) is 11.6. The van der Waals surface area contributed by atoms with Crippen molar-refractivity contribution in [2.75, 3.05) is 5.75 Å². The summed E-state index contributed by atoms with van der Waals surface area (Å²) in [6.45, 7) is 0. The van der Waals surface area contributed by atoms with E-state index in [1.54, 1.807) is 6.07 Å². The van der Waals surface area contributed by atoms with Gasteiger partial charge in [-0.3, -0.25) is 0 Å². The van der Waals surface area contributed by atoms with Crippen LogP contribution < -0.4 is 0 Å². The Kier molecular flexibility index (Phi) is 3.60. The molecular formula is C8H7BrF2O2S. The molecule has 0 aliphatic heterocycles. The number of rotatable bonds is 3. The second kappa shape index (κ2) is 4.35. The van der Waals surface area contributed by atoms with Crippen molar-refractivity contribution < 1.29 is 16.7 Å². The molecule has 78 valence electrons. The average molecular weight is 285 g/mol. The van der Waals surface area contributed by atoms with Crippen LogP contribution in [0.2, 0.25) is 0 Å². The van der Waals surface area contributed by atoms with Gasteiger partial charge in [0.2, 0.25) is 0 Å². The van der Waals surface area contributed by atoms with Crippen LogP contribution in [0.3, 0.4) is 0 Å². The van der Waals surface area contributed by atoms with Gasteiger partial charge in [0, 0.05) is 10.0 Å². The number of benzene rings is 1. The zero-order valence-corrected chi connectivity index (χ0v) is 9.41. The highest BCUT2D eigenvalue weighted by atomic mass is 79.9. The van der Waals surface area contributed by atoms with Crippen LogP contribution >= 0.6 is 15.9 Å². The highest BCUT2D eigenvalue weighted by Crippen LogP contribution is 2.20. The third-order valence-corrected chi connectivity index (χ3v) is 3.09. The van der Waals surface area contributed by atoms with Gasteiger partial charge in [-0.1, -0.05) is 22.0 Å². The highest BCUT2D eigenvalue weighted by Gasteiger charge is 2.12. The molecule has 0 fully saturated rings. The van der Waals surface area contributed by atoms with Crippen molar-refractivity contribution in [3.63, 3.8) is 0 Å². The lowest BCUT2D eigenvalue weighted by Crippen LogP contribution is -2.04. The van der Waals surface area contributed by atoms with Gasteiger partial charge in [-0.05, 0) is 18.6 Å². The Balaban J connectivity index is 2.87.